The second kappa shape index (κ2) is 23.3. The number of fused-ring (bicyclic) bond motifs is 4. The Balaban J connectivity index is 0.00000133. The van der Waals surface area contributed by atoms with Crippen molar-refractivity contribution in [1.82, 2.24) is 10.4 Å². The van der Waals surface area contributed by atoms with Gasteiger partial charge in [0.2, 0.25) is 5.91 Å². The molecule has 7 rings (SSSR count). The Labute approximate surface area is 445 Å². The average molecular weight is 1130 g/mol. The van der Waals surface area contributed by atoms with Crippen molar-refractivity contribution < 1.29 is 64.6 Å². The largest absolute Gasteiger partial charge is 0.744 e. The number of thioether (sulfide) groups is 1. The van der Waals surface area contributed by atoms with E-state index in [9.17, 15) is 55.0 Å². The van der Waals surface area contributed by atoms with Crippen molar-refractivity contribution in [1.29, 1.82) is 0 Å². The van der Waals surface area contributed by atoms with Crippen LogP contribution in [0.2, 0.25) is 15.1 Å². The summed E-state index contributed by atoms with van der Waals surface area (Å²) in [6.45, 7) is 18.1. The number of halogens is 3. The standard InChI is InChI=1S/C44H45Cl3N2O14S3.C4H10.C2H7N/c1-19-14-43(3,4)16-25-21(19)12-23-31(24-13-22-20(2)15-44(5,6)17-26(22)41(66(59,60)61)38(24)62-37(23)40(25)65(56,57)58)32-33(42(54)55)34(45)36(47)39(35(32)46)64-18-27(50)48-11-7-8-30(53)63-49-28(51)9-10-29(49)52;1-3-4-2;1-2-3/h12-13,16,19-20H,7-11,14-15,17-18H2,1-6H3,(H,48,50)(H,54,55)(H,56,57,58)(H,59,60,61);3-4H2,1-2H3;2-3H2,1H3/p-2. The molecular formula is C50H60Cl3N3O14S3-2. The average Bonchev–Trinajstić information content (AvgIpc) is 3.58. The fourth-order valence-electron chi connectivity index (χ4n) is 9.65. The minimum Gasteiger partial charge on any atom is -0.744 e. The monoisotopic (exact) mass is 1130 g/mol. The third-order valence-corrected chi connectivity index (χ3v) is 16.9. The zero-order valence-electron chi connectivity index (χ0n) is 42.0. The van der Waals surface area contributed by atoms with E-state index in [1.54, 1.807) is 12.1 Å². The van der Waals surface area contributed by atoms with Crippen LogP contribution in [0.1, 0.15) is 164 Å². The Bertz CT molecular complexity index is 3110. The van der Waals surface area contributed by atoms with E-state index in [2.05, 4.69) is 19.2 Å². The molecule has 2 unspecified atom stereocenters. The number of aromatic carboxylic acids is 1. The van der Waals surface area contributed by atoms with E-state index < -0.39 is 115 Å². The lowest BCUT2D eigenvalue weighted by molar-refractivity contribution is -0.197. The highest BCUT2D eigenvalue weighted by Gasteiger charge is 2.41. The lowest BCUT2D eigenvalue weighted by Crippen LogP contribution is -2.35. The number of nitrogens with zero attached hydrogens (tertiary/aromatic N) is 1. The Kier molecular flexibility index (Phi) is 19.1. The maximum Gasteiger partial charge on any atom is 0.337 e. The number of hydrogen-bond acceptors (Lipinski definition) is 15. The third kappa shape index (κ3) is 13.1. The lowest BCUT2D eigenvalue weighted by Gasteiger charge is -2.39. The van der Waals surface area contributed by atoms with Gasteiger partial charge in [-0.15, -0.1) is 16.8 Å². The van der Waals surface area contributed by atoms with Crippen LogP contribution in [0.3, 0.4) is 0 Å². The molecule has 0 aromatic heterocycles. The number of rotatable bonds is 13. The topological polar surface area (TPSA) is 280 Å². The van der Waals surface area contributed by atoms with E-state index in [-0.39, 0.29) is 81.6 Å². The van der Waals surface area contributed by atoms with Gasteiger partial charge in [-0.1, -0.05) is 116 Å². The van der Waals surface area contributed by atoms with E-state index in [1.807, 2.05) is 48.5 Å². The highest BCUT2D eigenvalue weighted by molar-refractivity contribution is 8.00. The number of nitrogens with two attached hydrogens (primary N) is 1. The summed E-state index contributed by atoms with van der Waals surface area (Å²) >= 11 is 21.5. The summed E-state index contributed by atoms with van der Waals surface area (Å²) in [6, 6.07) is 3.09. The van der Waals surface area contributed by atoms with E-state index in [0.717, 1.165) is 18.3 Å². The molecule has 3 aromatic rings. The SMILES string of the molecule is CC1CC(C)(C)Cc2c1cc1c(c2S(=O)(=O)[O-])Oc2c(S(=O)(=O)[O-])c3c(cc2=C1c1c(Cl)c(SCC(=O)NCCCC(=O)ON2C(=O)CCC2=O)c(Cl)c(Cl)c1C(=O)O)C(C)CC(C)(C)C=3.CCCC.CCN. The molecule has 0 spiro atoms. The van der Waals surface area contributed by atoms with Crippen molar-refractivity contribution in [3.05, 3.63) is 71.0 Å². The molecule has 17 nitrogen and oxygen atoms in total. The van der Waals surface area contributed by atoms with E-state index in [4.69, 9.17) is 50.1 Å². The summed E-state index contributed by atoms with van der Waals surface area (Å²) in [5.41, 5.74) is 3.11. The first kappa shape index (κ1) is 59.6. The van der Waals surface area contributed by atoms with Gasteiger partial charge in [0.15, 0.2) is 11.5 Å². The predicted molar refractivity (Wildman–Crippen MR) is 275 cm³/mol. The van der Waals surface area contributed by atoms with Crippen molar-refractivity contribution in [3.63, 3.8) is 0 Å². The van der Waals surface area contributed by atoms with Crippen molar-refractivity contribution in [2.45, 2.75) is 147 Å². The predicted octanol–water partition coefficient (Wildman–Crippen LogP) is 8.26. The molecule has 0 radical (unpaired) electrons. The first-order valence-electron chi connectivity index (χ1n) is 23.7. The number of carbonyl (C=O) groups excluding carboxylic acids is 4. The van der Waals surface area contributed by atoms with Crippen LogP contribution in [0.5, 0.6) is 11.5 Å². The van der Waals surface area contributed by atoms with E-state index >= 15 is 0 Å². The molecule has 1 fully saturated rings. The normalized spacial score (nSPS) is 18.3. The second-order valence-electron chi connectivity index (χ2n) is 19.8. The van der Waals surface area contributed by atoms with Gasteiger partial charge >= 0.3 is 11.9 Å². The fraction of sp³-hybridized carbons (Fsp3) is 0.500. The molecule has 2 atom stereocenters. The molecule has 3 aromatic carbocycles. The first-order valence-corrected chi connectivity index (χ1v) is 28.6. The minimum absolute atomic E-state index is 0.00387. The number of amides is 3. The van der Waals surface area contributed by atoms with Crippen LogP contribution in [0.4, 0.5) is 0 Å². The minimum atomic E-state index is -5.51. The molecule has 0 saturated carbocycles. The number of hydroxylamine groups is 2. The molecule has 2 aliphatic heterocycles. The summed E-state index contributed by atoms with van der Waals surface area (Å²) < 4.78 is 87.7. The lowest BCUT2D eigenvalue weighted by atomic mass is 9.69. The van der Waals surface area contributed by atoms with Crippen LogP contribution < -0.4 is 26.2 Å². The Hall–Kier alpha value is -4.25. The van der Waals surface area contributed by atoms with Gasteiger partial charge in [0.1, 0.15) is 30.0 Å². The molecule has 400 valence electrons. The smallest absolute Gasteiger partial charge is 0.337 e. The van der Waals surface area contributed by atoms with Gasteiger partial charge in [0.05, 0.1) is 26.4 Å². The summed E-state index contributed by atoms with van der Waals surface area (Å²) in [5.74, 6) is -6.92. The van der Waals surface area contributed by atoms with Crippen molar-refractivity contribution in [2.24, 2.45) is 16.6 Å². The molecule has 2 heterocycles. The number of unbranched alkanes of at least 4 members (excludes halogenated alkanes) is 1. The summed E-state index contributed by atoms with van der Waals surface area (Å²) in [6.07, 6.45) is 5.00. The number of ether oxygens (including phenoxy) is 1. The number of nitrogens with one attached hydrogen (secondary N) is 1. The first-order chi connectivity index (χ1) is 33.9. The number of carbonyl (C=O) groups is 5. The fourth-order valence-corrected chi connectivity index (χ4v) is 13.4. The van der Waals surface area contributed by atoms with Crippen LogP contribution in [0, 0.1) is 10.8 Å². The molecule has 0 bridgehead atoms. The van der Waals surface area contributed by atoms with E-state index in [1.165, 1.54) is 18.9 Å². The molecule has 23 heteroatoms. The summed E-state index contributed by atoms with van der Waals surface area (Å²) in [7, 11) is -11.0. The number of carboxylic acids is 1. The number of hydrogen-bond donors (Lipinski definition) is 3. The van der Waals surface area contributed by atoms with Gasteiger partial charge in [-0.05, 0) is 88.9 Å². The number of imide groups is 1. The van der Waals surface area contributed by atoms with Gasteiger partial charge in [-0.2, -0.15) is 0 Å². The zero-order valence-corrected chi connectivity index (χ0v) is 46.7. The highest BCUT2D eigenvalue weighted by atomic mass is 35.5. The molecule has 1 saturated heterocycles. The Morgan fingerprint density at radius 3 is 2.01 bits per heavy atom. The van der Waals surface area contributed by atoms with Crippen LogP contribution in [0.25, 0.3) is 11.6 Å². The molecule has 4 aliphatic rings. The summed E-state index contributed by atoms with van der Waals surface area (Å²) in [5, 5.41) is 12.4. The van der Waals surface area contributed by atoms with Gasteiger partial charge in [-0.3, -0.25) is 14.4 Å². The van der Waals surface area contributed by atoms with Crippen LogP contribution in [-0.4, -0.2) is 84.6 Å². The van der Waals surface area contributed by atoms with Crippen molar-refractivity contribution >= 4 is 108 Å². The third-order valence-electron chi connectivity index (χ3n) is 12.5. The maximum absolute atomic E-state index is 13.6. The second-order valence-corrected chi connectivity index (χ2v) is 24.6. The number of benzene rings is 3. The van der Waals surface area contributed by atoms with E-state index in [0.29, 0.717) is 29.0 Å². The molecular weight excluding hydrogens is 1070 g/mol. The van der Waals surface area contributed by atoms with Gasteiger partial charge < -0.3 is 34.8 Å². The zero-order chi connectivity index (χ0) is 54.9. The quantitative estimate of drug-likeness (QED) is 0.0373. The van der Waals surface area contributed by atoms with Gasteiger partial charge in [-0.25, -0.2) is 26.4 Å². The Morgan fingerprint density at radius 2 is 1.47 bits per heavy atom. The summed E-state index contributed by atoms with van der Waals surface area (Å²) in [4.78, 5) is 65.4. The van der Waals surface area contributed by atoms with Crippen LogP contribution in [0.15, 0.2) is 26.8 Å². The molecule has 3 amide bonds. The van der Waals surface area contributed by atoms with Crippen LogP contribution >= 0.6 is 46.6 Å². The van der Waals surface area contributed by atoms with Gasteiger partial charge in [0.25, 0.3) is 11.8 Å². The molecule has 2 aliphatic carbocycles. The highest BCUT2D eigenvalue weighted by Crippen LogP contribution is 2.54. The Morgan fingerprint density at radius 1 is 0.890 bits per heavy atom. The van der Waals surface area contributed by atoms with Gasteiger partial charge in [0, 0.05) is 52.6 Å². The number of carboxylic acid groups (broad SMARTS) is 1. The van der Waals surface area contributed by atoms with Crippen molar-refractivity contribution in [3.8, 4) is 11.5 Å². The molecule has 4 N–H and O–H groups in total. The maximum atomic E-state index is 13.6. The molecule has 73 heavy (non-hydrogen) atoms. The van der Waals surface area contributed by atoms with Crippen LogP contribution in [-0.2, 0) is 50.7 Å². The van der Waals surface area contributed by atoms with Crippen molar-refractivity contribution in [2.75, 3.05) is 18.8 Å².